The lowest BCUT2D eigenvalue weighted by molar-refractivity contribution is -0.113. The van der Waals surface area contributed by atoms with Gasteiger partial charge in [0, 0.05) is 53.0 Å². The van der Waals surface area contributed by atoms with Crippen LogP contribution in [0.4, 0.5) is 15.8 Å². The second kappa shape index (κ2) is 10.7. The van der Waals surface area contributed by atoms with Crippen LogP contribution in [0.25, 0.3) is 0 Å². The number of carbonyl (C=O) groups is 2. The van der Waals surface area contributed by atoms with Gasteiger partial charge in [0.1, 0.15) is 5.82 Å². The first-order valence-electron chi connectivity index (χ1n) is 10.6. The summed E-state index contributed by atoms with van der Waals surface area (Å²) in [7, 11) is 0. The van der Waals surface area contributed by atoms with Crippen molar-refractivity contribution in [2.75, 3.05) is 42.1 Å². The largest absolute Gasteiger partial charge is 0.368 e. The minimum absolute atomic E-state index is 0.0767. The van der Waals surface area contributed by atoms with Crippen LogP contribution in [0.1, 0.15) is 10.4 Å². The van der Waals surface area contributed by atoms with Gasteiger partial charge in [-0.2, -0.15) is 0 Å². The summed E-state index contributed by atoms with van der Waals surface area (Å²) < 4.78 is 13.4. The summed E-state index contributed by atoms with van der Waals surface area (Å²) in [6.45, 7) is 2.50. The van der Waals surface area contributed by atoms with Gasteiger partial charge in [0.2, 0.25) is 5.91 Å². The third-order valence-electron chi connectivity index (χ3n) is 5.34. The van der Waals surface area contributed by atoms with Crippen LogP contribution in [-0.4, -0.2) is 48.6 Å². The number of anilines is 2. The Labute approximate surface area is 201 Å². The molecule has 0 aromatic heterocycles. The lowest BCUT2D eigenvalue weighted by atomic mass is 10.1. The number of nitrogens with zero attached hydrogens (tertiary/aromatic N) is 2. The van der Waals surface area contributed by atoms with Crippen LogP contribution < -0.4 is 10.2 Å². The highest BCUT2D eigenvalue weighted by molar-refractivity contribution is 8.00. The third-order valence-corrected chi connectivity index (χ3v) is 6.60. The van der Waals surface area contributed by atoms with Gasteiger partial charge >= 0.3 is 0 Å². The summed E-state index contributed by atoms with van der Waals surface area (Å²) in [6.07, 6.45) is 0. The van der Waals surface area contributed by atoms with Crippen molar-refractivity contribution < 1.29 is 14.0 Å². The van der Waals surface area contributed by atoms with Crippen molar-refractivity contribution >= 4 is 46.6 Å². The smallest absolute Gasteiger partial charge is 0.254 e. The Morgan fingerprint density at radius 3 is 2.30 bits per heavy atom. The molecule has 5 nitrogen and oxygen atoms in total. The molecule has 0 unspecified atom stereocenters. The average molecular weight is 484 g/mol. The average Bonchev–Trinajstić information content (AvgIpc) is 2.84. The summed E-state index contributed by atoms with van der Waals surface area (Å²) in [4.78, 5) is 29.8. The van der Waals surface area contributed by atoms with E-state index in [-0.39, 0.29) is 11.8 Å². The maximum absolute atomic E-state index is 13.4. The highest BCUT2D eigenvalue weighted by atomic mass is 35.5. The number of nitrogens with one attached hydrogen (secondary N) is 1. The Morgan fingerprint density at radius 2 is 1.64 bits per heavy atom. The lowest BCUT2D eigenvalue weighted by Crippen LogP contribution is -2.48. The van der Waals surface area contributed by atoms with Crippen molar-refractivity contribution in [3.05, 3.63) is 89.2 Å². The Hall–Kier alpha value is -3.03. The maximum Gasteiger partial charge on any atom is 0.254 e. The van der Waals surface area contributed by atoms with Gasteiger partial charge in [-0.1, -0.05) is 17.7 Å². The topological polar surface area (TPSA) is 52.7 Å². The molecule has 1 heterocycles. The quantitative estimate of drug-likeness (QED) is 0.491. The third kappa shape index (κ3) is 6.27. The number of hydrogen-bond donors (Lipinski definition) is 1. The predicted molar refractivity (Wildman–Crippen MR) is 132 cm³/mol. The van der Waals surface area contributed by atoms with Gasteiger partial charge in [0.05, 0.1) is 5.75 Å². The van der Waals surface area contributed by atoms with Gasteiger partial charge in [-0.3, -0.25) is 9.59 Å². The normalized spacial score (nSPS) is 13.6. The highest BCUT2D eigenvalue weighted by Gasteiger charge is 2.22. The Bertz CT molecular complexity index is 1120. The van der Waals surface area contributed by atoms with E-state index in [0.717, 1.165) is 16.3 Å². The first-order chi connectivity index (χ1) is 16.0. The first-order valence-corrected chi connectivity index (χ1v) is 11.9. The van der Waals surface area contributed by atoms with E-state index >= 15 is 0 Å². The number of rotatable bonds is 6. The van der Waals surface area contributed by atoms with Gasteiger partial charge in [-0.15, -0.1) is 11.8 Å². The van der Waals surface area contributed by atoms with Gasteiger partial charge in [0.25, 0.3) is 5.91 Å². The number of amides is 2. The molecule has 1 aliphatic rings. The zero-order valence-electron chi connectivity index (χ0n) is 17.8. The SMILES string of the molecule is O=C(CSc1ccc(Cl)cc1)Nc1ccc(N2CCN(C(=O)c3cccc(F)c3)CC2)cc1. The first kappa shape index (κ1) is 23.1. The molecule has 1 saturated heterocycles. The molecule has 8 heteroatoms. The zero-order chi connectivity index (χ0) is 23.2. The Kier molecular flexibility index (Phi) is 7.52. The number of thioether (sulfide) groups is 1. The highest BCUT2D eigenvalue weighted by Crippen LogP contribution is 2.22. The summed E-state index contributed by atoms with van der Waals surface area (Å²) in [6, 6.07) is 20.9. The molecule has 33 heavy (non-hydrogen) atoms. The molecule has 0 aliphatic carbocycles. The minimum Gasteiger partial charge on any atom is -0.368 e. The fourth-order valence-electron chi connectivity index (χ4n) is 3.60. The molecule has 1 aliphatic heterocycles. The summed E-state index contributed by atoms with van der Waals surface area (Å²) >= 11 is 7.33. The molecule has 1 fully saturated rings. The molecule has 0 spiro atoms. The van der Waals surface area contributed by atoms with E-state index in [4.69, 9.17) is 11.6 Å². The van der Waals surface area contributed by atoms with Crippen LogP contribution in [0.15, 0.2) is 77.7 Å². The van der Waals surface area contributed by atoms with Gasteiger partial charge in [0.15, 0.2) is 0 Å². The van der Waals surface area contributed by atoms with Crippen molar-refractivity contribution in [3.8, 4) is 0 Å². The molecule has 3 aromatic carbocycles. The molecule has 0 bridgehead atoms. The number of benzene rings is 3. The number of hydrogen-bond acceptors (Lipinski definition) is 4. The minimum atomic E-state index is -0.407. The molecule has 4 rings (SSSR count). The zero-order valence-corrected chi connectivity index (χ0v) is 19.4. The monoisotopic (exact) mass is 483 g/mol. The van der Waals surface area contributed by atoms with E-state index in [1.807, 2.05) is 36.4 Å². The van der Waals surface area contributed by atoms with Crippen LogP contribution in [0.5, 0.6) is 0 Å². The van der Waals surface area contributed by atoms with Crippen molar-refractivity contribution in [2.45, 2.75) is 4.90 Å². The molecule has 1 N–H and O–H groups in total. The van der Waals surface area contributed by atoms with E-state index in [1.165, 1.54) is 23.9 Å². The van der Waals surface area contributed by atoms with E-state index < -0.39 is 5.82 Å². The standard InChI is InChI=1S/C25H23ClFN3O2S/c26-19-4-10-23(11-5-19)33-17-24(31)28-21-6-8-22(9-7-21)29-12-14-30(15-13-29)25(32)18-2-1-3-20(27)16-18/h1-11,16H,12-15,17H2,(H,28,31). The number of piperazine rings is 1. The molecular formula is C25H23ClFN3O2S. The number of carbonyl (C=O) groups excluding carboxylic acids is 2. The predicted octanol–water partition coefficient (Wildman–Crippen LogP) is 5.17. The van der Waals surface area contributed by atoms with Crippen LogP contribution in [0.3, 0.4) is 0 Å². The maximum atomic E-state index is 13.4. The van der Waals surface area contributed by atoms with E-state index in [9.17, 15) is 14.0 Å². The molecule has 0 saturated carbocycles. The van der Waals surface area contributed by atoms with Gasteiger partial charge in [-0.05, 0) is 66.7 Å². The summed E-state index contributed by atoms with van der Waals surface area (Å²) in [5.74, 6) is -0.323. The lowest BCUT2D eigenvalue weighted by Gasteiger charge is -2.36. The van der Waals surface area contributed by atoms with Crippen molar-refractivity contribution in [1.29, 1.82) is 0 Å². The molecule has 3 aromatic rings. The summed E-state index contributed by atoms with van der Waals surface area (Å²) in [5.41, 5.74) is 2.14. The molecular weight excluding hydrogens is 461 g/mol. The summed E-state index contributed by atoms with van der Waals surface area (Å²) in [5, 5.41) is 3.58. The van der Waals surface area contributed by atoms with Crippen molar-refractivity contribution in [3.63, 3.8) is 0 Å². The van der Waals surface area contributed by atoms with Crippen LogP contribution in [-0.2, 0) is 4.79 Å². The fourth-order valence-corrected chi connectivity index (χ4v) is 4.43. The molecule has 170 valence electrons. The number of halogens is 2. The molecule has 0 radical (unpaired) electrons. The second-order valence-electron chi connectivity index (χ2n) is 7.63. The Morgan fingerprint density at radius 1 is 0.939 bits per heavy atom. The van der Waals surface area contributed by atoms with Crippen LogP contribution in [0.2, 0.25) is 5.02 Å². The van der Waals surface area contributed by atoms with E-state index in [2.05, 4.69) is 10.2 Å². The van der Waals surface area contributed by atoms with Gasteiger partial charge in [-0.25, -0.2) is 4.39 Å². The fraction of sp³-hybridized carbons (Fsp3) is 0.200. The van der Waals surface area contributed by atoms with Gasteiger partial charge < -0.3 is 15.1 Å². The van der Waals surface area contributed by atoms with E-state index in [1.54, 1.807) is 29.2 Å². The second-order valence-corrected chi connectivity index (χ2v) is 9.11. The molecule has 2 amide bonds. The van der Waals surface area contributed by atoms with Crippen LogP contribution in [0, 0.1) is 5.82 Å². The molecule has 0 atom stereocenters. The van der Waals surface area contributed by atoms with E-state index in [0.29, 0.717) is 42.5 Å². The Balaban J connectivity index is 1.26. The van der Waals surface area contributed by atoms with Crippen molar-refractivity contribution in [1.82, 2.24) is 4.90 Å². The van der Waals surface area contributed by atoms with Crippen molar-refractivity contribution in [2.24, 2.45) is 0 Å². The van der Waals surface area contributed by atoms with Crippen LogP contribution >= 0.6 is 23.4 Å².